The smallest absolute Gasteiger partial charge is 0.306 e. The predicted molar refractivity (Wildman–Crippen MR) is 92.0 cm³/mol. The SMILES string of the molecule is O=C1CC[C@@H](S(=O)(=O)c2ccccc2)[C@@H](/C=C/c2ccccc2)O1. The number of sulfone groups is 1. The van der Waals surface area contributed by atoms with E-state index in [1.165, 1.54) is 0 Å². The highest BCUT2D eigenvalue weighted by molar-refractivity contribution is 7.92. The summed E-state index contributed by atoms with van der Waals surface area (Å²) >= 11 is 0. The van der Waals surface area contributed by atoms with Crippen LogP contribution in [0, 0.1) is 0 Å². The Labute approximate surface area is 141 Å². The van der Waals surface area contributed by atoms with Gasteiger partial charge in [-0.25, -0.2) is 8.42 Å². The van der Waals surface area contributed by atoms with Crippen LogP contribution >= 0.6 is 0 Å². The molecule has 5 heteroatoms. The van der Waals surface area contributed by atoms with Crippen LogP contribution in [-0.2, 0) is 19.4 Å². The van der Waals surface area contributed by atoms with Gasteiger partial charge in [0, 0.05) is 6.42 Å². The van der Waals surface area contributed by atoms with Gasteiger partial charge >= 0.3 is 5.97 Å². The van der Waals surface area contributed by atoms with Crippen LogP contribution in [0.25, 0.3) is 6.08 Å². The summed E-state index contributed by atoms with van der Waals surface area (Å²) in [6.45, 7) is 0. The van der Waals surface area contributed by atoms with Crippen LogP contribution in [0.3, 0.4) is 0 Å². The minimum Gasteiger partial charge on any atom is -0.457 e. The second-order valence-corrected chi connectivity index (χ2v) is 7.83. The zero-order valence-corrected chi connectivity index (χ0v) is 13.9. The molecule has 0 unspecified atom stereocenters. The Kier molecular flexibility index (Phi) is 4.81. The lowest BCUT2D eigenvalue weighted by atomic mass is 10.1. The summed E-state index contributed by atoms with van der Waals surface area (Å²) in [6.07, 6.45) is 3.05. The average molecular weight is 342 g/mol. The summed E-state index contributed by atoms with van der Waals surface area (Å²) in [5.41, 5.74) is 0.926. The molecule has 1 heterocycles. The molecule has 124 valence electrons. The van der Waals surface area contributed by atoms with E-state index in [-0.39, 0.29) is 23.7 Å². The molecule has 1 aliphatic rings. The lowest BCUT2D eigenvalue weighted by Crippen LogP contribution is -2.40. The van der Waals surface area contributed by atoms with Gasteiger partial charge in [-0.15, -0.1) is 0 Å². The molecule has 0 saturated carbocycles. The Bertz CT molecular complexity index is 826. The number of benzene rings is 2. The van der Waals surface area contributed by atoms with E-state index < -0.39 is 21.2 Å². The number of carbonyl (C=O) groups is 1. The third kappa shape index (κ3) is 3.57. The summed E-state index contributed by atoms with van der Waals surface area (Å²) < 4.78 is 31.1. The molecule has 0 spiro atoms. The lowest BCUT2D eigenvalue weighted by Gasteiger charge is -2.29. The van der Waals surface area contributed by atoms with Crippen LogP contribution in [0.5, 0.6) is 0 Å². The zero-order valence-electron chi connectivity index (χ0n) is 13.0. The minimum atomic E-state index is -3.57. The van der Waals surface area contributed by atoms with Crippen molar-refractivity contribution in [2.45, 2.75) is 29.1 Å². The number of ether oxygens (including phenoxy) is 1. The molecule has 1 aliphatic heterocycles. The van der Waals surface area contributed by atoms with Crippen molar-refractivity contribution in [3.8, 4) is 0 Å². The molecule has 0 bridgehead atoms. The van der Waals surface area contributed by atoms with Crippen LogP contribution < -0.4 is 0 Å². The summed E-state index contributed by atoms with van der Waals surface area (Å²) in [4.78, 5) is 11.9. The van der Waals surface area contributed by atoms with Gasteiger partial charge < -0.3 is 4.74 Å². The number of rotatable bonds is 4. The molecule has 3 rings (SSSR count). The summed E-state index contributed by atoms with van der Waals surface area (Å²) in [5.74, 6) is -0.364. The molecule has 0 aromatic heterocycles. The van der Waals surface area contributed by atoms with Gasteiger partial charge in [-0.2, -0.15) is 0 Å². The van der Waals surface area contributed by atoms with Crippen molar-refractivity contribution < 1.29 is 17.9 Å². The number of carbonyl (C=O) groups excluding carboxylic acids is 1. The molecule has 0 radical (unpaired) electrons. The second kappa shape index (κ2) is 7.01. The quantitative estimate of drug-likeness (QED) is 0.800. The standard InChI is InChI=1S/C19H18O4S/c20-19-14-13-18(24(21,22)16-9-5-2-6-10-16)17(23-19)12-11-15-7-3-1-4-8-15/h1-12,17-18H,13-14H2/b12-11+/t17-,18-/m1/s1. The summed E-state index contributed by atoms with van der Waals surface area (Å²) in [7, 11) is -3.57. The van der Waals surface area contributed by atoms with E-state index >= 15 is 0 Å². The zero-order chi connectivity index (χ0) is 17.0. The van der Waals surface area contributed by atoms with Gasteiger partial charge in [0.15, 0.2) is 9.84 Å². The molecule has 2 aromatic rings. The number of esters is 1. The van der Waals surface area contributed by atoms with Crippen LogP contribution in [0.1, 0.15) is 18.4 Å². The fourth-order valence-electron chi connectivity index (χ4n) is 2.76. The maximum atomic E-state index is 12.9. The van der Waals surface area contributed by atoms with E-state index in [4.69, 9.17) is 4.74 Å². The number of cyclic esters (lactones) is 1. The first kappa shape index (κ1) is 16.5. The Balaban J connectivity index is 1.90. The molecular formula is C19H18O4S. The normalized spacial score (nSPS) is 21.6. The van der Waals surface area contributed by atoms with Crippen molar-refractivity contribution in [3.63, 3.8) is 0 Å². The van der Waals surface area contributed by atoms with E-state index in [1.54, 1.807) is 42.5 Å². The van der Waals surface area contributed by atoms with E-state index in [0.717, 1.165) is 5.56 Å². The van der Waals surface area contributed by atoms with E-state index in [2.05, 4.69) is 0 Å². The Morgan fingerprint density at radius 2 is 1.58 bits per heavy atom. The molecule has 0 amide bonds. The predicted octanol–water partition coefficient (Wildman–Crippen LogP) is 3.25. The van der Waals surface area contributed by atoms with E-state index in [9.17, 15) is 13.2 Å². The largest absolute Gasteiger partial charge is 0.457 e. The summed E-state index contributed by atoms with van der Waals surface area (Å²) in [5, 5.41) is -0.766. The van der Waals surface area contributed by atoms with Gasteiger partial charge in [0.2, 0.25) is 0 Å². The van der Waals surface area contributed by atoms with Gasteiger partial charge in [0.25, 0.3) is 0 Å². The highest BCUT2D eigenvalue weighted by Crippen LogP contribution is 2.28. The lowest BCUT2D eigenvalue weighted by molar-refractivity contribution is -0.150. The first-order valence-electron chi connectivity index (χ1n) is 7.79. The molecule has 0 N–H and O–H groups in total. The van der Waals surface area contributed by atoms with Gasteiger partial charge in [-0.3, -0.25) is 4.79 Å². The van der Waals surface area contributed by atoms with Crippen LogP contribution in [0.15, 0.2) is 71.6 Å². The maximum absolute atomic E-state index is 12.9. The Hall–Kier alpha value is -2.40. The molecule has 1 saturated heterocycles. The Morgan fingerprint density at radius 1 is 0.958 bits per heavy atom. The maximum Gasteiger partial charge on any atom is 0.306 e. The van der Waals surface area contributed by atoms with Gasteiger partial charge in [-0.05, 0) is 30.2 Å². The van der Waals surface area contributed by atoms with Crippen molar-refractivity contribution in [2.24, 2.45) is 0 Å². The molecule has 2 atom stereocenters. The Morgan fingerprint density at radius 3 is 2.25 bits per heavy atom. The topological polar surface area (TPSA) is 60.4 Å². The number of hydrogen-bond donors (Lipinski definition) is 0. The third-order valence-corrected chi connectivity index (χ3v) is 6.25. The van der Waals surface area contributed by atoms with Crippen molar-refractivity contribution in [2.75, 3.05) is 0 Å². The molecule has 2 aromatic carbocycles. The molecule has 4 nitrogen and oxygen atoms in total. The first-order chi connectivity index (χ1) is 11.6. The van der Waals surface area contributed by atoms with E-state index in [0.29, 0.717) is 0 Å². The molecular weight excluding hydrogens is 324 g/mol. The highest BCUT2D eigenvalue weighted by atomic mass is 32.2. The monoisotopic (exact) mass is 342 g/mol. The van der Waals surface area contributed by atoms with Gasteiger partial charge in [0.05, 0.1) is 4.90 Å². The minimum absolute atomic E-state index is 0.117. The first-order valence-corrected chi connectivity index (χ1v) is 9.34. The molecule has 24 heavy (non-hydrogen) atoms. The van der Waals surface area contributed by atoms with Crippen LogP contribution in [-0.4, -0.2) is 25.7 Å². The van der Waals surface area contributed by atoms with Crippen molar-refractivity contribution in [1.82, 2.24) is 0 Å². The van der Waals surface area contributed by atoms with E-state index in [1.807, 2.05) is 30.3 Å². The van der Waals surface area contributed by atoms with Gasteiger partial charge in [-0.1, -0.05) is 54.6 Å². The molecule has 0 aliphatic carbocycles. The van der Waals surface area contributed by atoms with Crippen molar-refractivity contribution >= 4 is 21.9 Å². The second-order valence-electron chi connectivity index (χ2n) is 5.66. The molecule has 1 fully saturated rings. The average Bonchev–Trinajstić information content (AvgIpc) is 2.61. The summed E-state index contributed by atoms with van der Waals surface area (Å²) in [6, 6.07) is 17.8. The number of hydrogen-bond acceptors (Lipinski definition) is 4. The van der Waals surface area contributed by atoms with Crippen molar-refractivity contribution in [3.05, 3.63) is 72.3 Å². The fraction of sp³-hybridized carbons (Fsp3) is 0.211. The van der Waals surface area contributed by atoms with Crippen molar-refractivity contribution in [1.29, 1.82) is 0 Å². The fourth-order valence-corrected chi connectivity index (χ4v) is 4.57. The highest BCUT2D eigenvalue weighted by Gasteiger charge is 2.39. The van der Waals surface area contributed by atoms with Gasteiger partial charge in [0.1, 0.15) is 11.4 Å². The third-order valence-electron chi connectivity index (χ3n) is 4.02. The van der Waals surface area contributed by atoms with Crippen LogP contribution in [0.4, 0.5) is 0 Å². The van der Waals surface area contributed by atoms with Crippen LogP contribution in [0.2, 0.25) is 0 Å².